The Bertz CT molecular complexity index is 377. The molecule has 0 radical (unpaired) electrons. The minimum absolute atomic E-state index is 0. The number of phenols is 1. The van der Waals surface area contributed by atoms with Crippen LogP contribution in [0.1, 0.15) is 12.0 Å². The topological polar surface area (TPSA) is 41.5 Å². The molecule has 1 aromatic rings. The van der Waals surface area contributed by atoms with E-state index < -0.39 is 0 Å². The zero-order chi connectivity index (χ0) is 9.60. The monoisotopic (exact) mass is 227 g/mol. The van der Waals surface area contributed by atoms with Crippen molar-refractivity contribution < 1.29 is 9.84 Å². The maximum atomic E-state index is 9.32. The normalized spacial score (nSPS) is 20.8. The third-order valence-electron chi connectivity index (χ3n) is 3.11. The molecule has 0 saturated carbocycles. The van der Waals surface area contributed by atoms with Crippen molar-refractivity contribution in [3.05, 3.63) is 23.8 Å². The summed E-state index contributed by atoms with van der Waals surface area (Å²) in [6.45, 7) is 1.90. The minimum Gasteiger partial charge on any atom is -0.508 e. The molecule has 0 bridgehead atoms. The fourth-order valence-electron chi connectivity index (χ4n) is 2.16. The van der Waals surface area contributed by atoms with Gasteiger partial charge in [-0.1, -0.05) is 0 Å². The quantitative estimate of drug-likeness (QED) is 0.706. The van der Waals surface area contributed by atoms with E-state index >= 15 is 0 Å². The summed E-state index contributed by atoms with van der Waals surface area (Å²) in [5.74, 6) is 1.27. The van der Waals surface area contributed by atoms with Crippen molar-refractivity contribution in [1.82, 2.24) is 5.32 Å². The maximum absolute atomic E-state index is 9.32. The van der Waals surface area contributed by atoms with Gasteiger partial charge in [-0.05, 0) is 36.6 Å². The average molecular weight is 228 g/mol. The molecular weight excluding hydrogens is 214 g/mol. The van der Waals surface area contributed by atoms with Crippen LogP contribution in [0.2, 0.25) is 0 Å². The van der Waals surface area contributed by atoms with Crippen LogP contribution in [-0.4, -0.2) is 23.8 Å². The van der Waals surface area contributed by atoms with E-state index in [0.717, 1.165) is 37.2 Å². The van der Waals surface area contributed by atoms with Crippen LogP contribution in [0.15, 0.2) is 18.2 Å². The summed E-state index contributed by atoms with van der Waals surface area (Å²) in [6, 6.07) is 5.35. The minimum atomic E-state index is 0. The Labute approximate surface area is 94.9 Å². The predicted octanol–water partition coefficient (Wildman–Crippen LogP) is 1.48. The highest BCUT2D eigenvalue weighted by Crippen LogP contribution is 2.36. The van der Waals surface area contributed by atoms with Crippen molar-refractivity contribution in [2.24, 2.45) is 0 Å². The Hall–Kier alpha value is -0.930. The molecule has 4 heteroatoms. The molecule has 1 aromatic carbocycles. The van der Waals surface area contributed by atoms with Crippen molar-refractivity contribution >= 4 is 12.4 Å². The summed E-state index contributed by atoms with van der Waals surface area (Å²) >= 11 is 0. The lowest BCUT2D eigenvalue weighted by molar-refractivity contribution is -0.00240. The molecule has 0 unspecified atom stereocenters. The highest BCUT2D eigenvalue weighted by atomic mass is 35.5. The average Bonchev–Trinajstić information content (AvgIpc) is 2.15. The van der Waals surface area contributed by atoms with Gasteiger partial charge < -0.3 is 15.2 Å². The number of phenolic OH excluding ortho intramolecular Hbond substituents is 1. The predicted molar refractivity (Wildman–Crippen MR) is 59.9 cm³/mol. The first kappa shape index (κ1) is 10.6. The van der Waals surface area contributed by atoms with Crippen LogP contribution in [-0.2, 0) is 6.42 Å². The van der Waals surface area contributed by atoms with E-state index in [1.807, 2.05) is 6.07 Å². The van der Waals surface area contributed by atoms with Gasteiger partial charge in [-0.25, -0.2) is 0 Å². The van der Waals surface area contributed by atoms with Crippen LogP contribution >= 0.6 is 12.4 Å². The third kappa shape index (κ3) is 1.66. The molecule has 2 N–H and O–H groups in total. The van der Waals surface area contributed by atoms with Gasteiger partial charge in [0.25, 0.3) is 0 Å². The molecular formula is C11H14ClNO2. The number of nitrogens with one attached hydrogen (secondary N) is 1. The SMILES string of the molecule is Cl.Oc1ccc2c(c1)CCC1(CNC1)O2. The van der Waals surface area contributed by atoms with Crippen LogP contribution in [0.5, 0.6) is 11.5 Å². The fourth-order valence-corrected chi connectivity index (χ4v) is 2.16. The number of ether oxygens (including phenoxy) is 1. The second-order valence-electron chi connectivity index (χ2n) is 4.18. The zero-order valence-corrected chi connectivity index (χ0v) is 9.14. The first-order valence-electron chi connectivity index (χ1n) is 4.99. The Morgan fingerprint density at radius 1 is 1.33 bits per heavy atom. The molecule has 15 heavy (non-hydrogen) atoms. The molecule has 1 spiro atoms. The van der Waals surface area contributed by atoms with Gasteiger partial charge in [-0.15, -0.1) is 12.4 Å². The highest BCUT2D eigenvalue weighted by molar-refractivity contribution is 5.85. The van der Waals surface area contributed by atoms with E-state index in [0.29, 0.717) is 5.75 Å². The van der Waals surface area contributed by atoms with Gasteiger partial charge in [-0.2, -0.15) is 0 Å². The van der Waals surface area contributed by atoms with Gasteiger partial charge in [0.15, 0.2) is 0 Å². The van der Waals surface area contributed by atoms with Crippen molar-refractivity contribution in [3.8, 4) is 11.5 Å². The van der Waals surface area contributed by atoms with Crippen molar-refractivity contribution in [3.63, 3.8) is 0 Å². The molecule has 3 nitrogen and oxygen atoms in total. The standard InChI is InChI=1S/C11H13NO2.ClH/c13-9-1-2-10-8(5-9)3-4-11(14-10)6-12-7-11;/h1-2,5,12-13H,3-4,6-7H2;1H. The molecule has 0 aliphatic carbocycles. The lowest BCUT2D eigenvalue weighted by Crippen LogP contribution is -2.64. The first-order chi connectivity index (χ1) is 6.77. The number of rotatable bonds is 0. The molecule has 1 fully saturated rings. The Morgan fingerprint density at radius 3 is 2.80 bits per heavy atom. The van der Waals surface area contributed by atoms with E-state index in [4.69, 9.17) is 4.74 Å². The molecule has 2 aliphatic heterocycles. The van der Waals surface area contributed by atoms with Gasteiger partial charge in [0, 0.05) is 13.1 Å². The van der Waals surface area contributed by atoms with Crippen molar-refractivity contribution in [2.75, 3.05) is 13.1 Å². The smallest absolute Gasteiger partial charge is 0.134 e. The number of fused-ring (bicyclic) bond motifs is 1. The third-order valence-corrected chi connectivity index (χ3v) is 3.11. The molecule has 0 aromatic heterocycles. The summed E-state index contributed by atoms with van der Waals surface area (Å²) in [5.41, 5.74) is 1.17. The lowest BCUT2D eigenvalue weighted by Gasteiger charge is -2.45. The van der Waals surface area contributed by atoms with Gasteiger partial charge in [0.05, 0.1) is 0 Å². The molecule has 0 amide bonds. The number of aryl methyl sites for hydroxylation is 1. The van der Waals surface area contributed by atoms with Crippen molar-refractivity contribution in [1.29, 1.82) is 0 Å². The molecule has 1 saturated heterocycles. The summed E-state index contributed by atoms with van der Waals surface area (Å²) < 4.78 is 5.94. The van der Waals surface area contributed by atoms with Crippen LogP contribution in [0.3, 0.4) is 0 Å². The number of halogens is 1. The molecule has 2 aliphatic rings. The number of hydrogen-bond acceptors (Lipinski definition) is 3. The summed E-state index contributed by atoms with van der Waals surface area (Å²) in [6.07, 6.45) is 2.06. The van der Waals surface area contributed by atoms with E-state index in [2.05, 4.69) is 5.32 Å². The number of aromatic hydroxyl groups is 1. The Kier molecular flexibility index (Phi) is 2.52. The van der Waals surface area contributed by atoms with Gasteiger partial charge in [-0.3, -0.25) is 0 Å². The van der Waals surface area contributed by atoms with Gasteiger partial charge in [0.1, 0.15) is 17.1 Å². The number of hydrogen-bond donors (Lipinski definition) is 2. The second-order valence-corrected chi connectivity index (χ2v) is 4.18. The van der Waals surface area contributed by atoms with E-state index in [-0.39, 0.29) is 18.0 Å². The Balaban J connectivity index is 0.000000853. The van der Waals surface area contributed by atoms with Crippen LogP contribution in [0, 0.1) is 0 Å². The largest absolute Gasteiger partial charge is 0.508 e. The van der Waals surface area contributed by atoms with Gasteiger partial charge in [0.2, 0.25) is 0 Å². The molecule has 3 rings (SSSR count). The summed E-state index contributed by atoms with van der Waals surface area (Å²) in [4.78, 5) is 0. The fraction of sp³-hybridized carbons (Fsp3) is 0.455. The molecule has 82 valence electrons. The maximum Gasteiger partial charge on any atom is 0.134 e. The van der Waals surface area contributed by atoms with Gasteiger partial charge >= 0.3 is 0 Å². The van der Waals surface area contributed by atoms with Crippen LogP contribution < -0.4 is 10.1 Å². The van der Waals surface area contributed by atoms with E-state index in [1.54, 1.807) is 12.1 Å². The lowest BCUT2D eigenvalue weighted by atomic mass is 9.86. The second kappa shape index (κ2) is 3.58. The summed E-state index contributed by atoms with van der Waals surface area (Å²) in [7, 11) is 0. The molecule has 2 heterocycles. The first-order valence-corrected chi connectivity index (χ1v) is 4.99. The Morgan fingerprint density at radius 2 is 2.13 bits per heavy atom. The van der Waals surface area contributed by atoms with E-state index in [9.17, 15) is 5.11 Å². The number of benzene rings is 1. The molecule has 0 atom stereocenters. The summed E-state index contributed by atoms with van der Waals surface area (Å²) in [5, 5.41) is 12.6. The van der Waals surface area contributed by atoms with E-state index in [1.165, 1.54) is 0 Å². The van der Waals surface area contributed by atoms with Crippen LogP contribution in [0.4, 0.5) is 0 Å². The van der Waals surface area contributed by atoms with Crippen LogP contribution in [0.25, 0.3) is 0 Å². The van der Waals surface area contributed by atoms with Crippen molar-refractivity contribution in [2.45, 2.75) is 18.4 Å². The highest BCUT2D eigenvalue weighted by Gasteiger charge is 2.41. The zero-order valence-electron chi connectivity index (χ0n) is 8.32.